The molecule has 0 atom stereocenters. The zero-order valence-corrected chi connectivity index (χ0v) is 22.2. The molecular formula is C29H28N6O2S. The quantitative estimate of drug-likeness (QED) is 0.292. The normalized spacial score (nSPS) is 12.0. The average Bonchev–Trinajstić information content (AvgIpc) is 2.91. The van der Waals surface area contributed by atoms with E-state index in [0.717, 1.165) is 27.6 Å². The number of nitrogens with one attached hydrogen (secondary N) is 2. The van der Waals surface area contributed by atoms with Crippen molar-refractivity contribution in [1.82, 2.24) is 24.9 Å². The highest BCUT2D eigenvalue weighted by molar-refractivity contribution is 7.89. The summed E-state index contributed by atoms with van der Waals surface area (Å²) in [5.41, 5.74) is 3.35. The molecule has 5 aromatic rings. The minimum Gasteiger partial charge on any atom is -0.362 e. The smallest absolute Gasteiger partial charge is 0.242 e. The van der Waals surface area contributed by atoms with Crippen molar-refractivity contribution in [2.75, 3.05) is 5.32 Å². The van der Waals surface area contributed by atoms with E-state index in [-0.39, 0.29) is 4.90 Å². The van der Waals surface area contributed by atoms with Crippen molar-refractivity contribution in [3.05, 3.63) is 97.1 Å². The Balaban J connectivity index is 1.66. The summed E-state index contributed by atoms with van der Waals surface area (Å²) in [6.45, 7) is 5.86. The molecule has 9 heteroatoms. The van der Waals surface area contributed by atoms with Gasteiger partial charge in [0, 0.05) is 40.5 Å². The topological polar surface area (TPSA) is 110 Å². The molecule has 0 fully saturated rings. The third kappa shape index (κ3) is 5.53. The molecule has 5 rings (SSSR count). The predicted molar refractivity (Wildman–Crippen MR) is 150 cm³/mol. The molecule has 8 nitrogen and oxygen atoms in total. The molecule has 0 amide bonds. The first-order valence-corrected chi connectivity index (χ1v) is 13.7. The number of aromatic nitrogens is 4. The van der Waals surface area contributed by atoms with Gasteiger partial charge < -0.3 is 5.32 Å². The molecule has 0 saturated carbocycles. The van der Waals surface area contributed by atoms with E-state index in [1.807, 2.05) is 66.7 Å². The molecule has 38 heavy (non-hydrogen) atoms. The van der Waals surface area contributed by atoms with Gasteiger partial charge in [-0.3, -0.25) is 9.97 Å². The summed E-state index contributed by atoms with van der Waals surface area (Å²) in [5, 5.41) is 14.2. The van der Waals surface area contributed by atoms with E-state index in [0.29, 0.717) is 23.6 Å². The fraction of sp³-hybridized carbons (Fsp3) is 0.172. The van der Waals surface area contributed by atoms with Gasteiger partial charge in [0.25, 0.3) is 0 Å². The van der Waals surface area contributed by atoms with Crippen LogP contribution in [0.1, 0.15) is 26.5 Å². The Bertz CT molecular complexity index is 1690. The Kier molecular flexibility index (Phi) is 6.88. The SMILES string of the molecule is CC(C)(C)NS(=O)(=O)c1cncc(-c2nnc(NCc3ccccn3)c3c(-c4ccccc4)cccc23)c1. The van der Waals surface area contributed by atoms with Crippen molar-refractivity contribution in [1.29, 1.82) is 0 Å². The molecule has 0 radical (unpaired) electrons. The summed E-state index contributed by atoms with van der Waals surface area (Å²) in [7, 11) is -3.78. The van der Waals surface area contributed by atoms with Crippen molar-refractivity contribution in [2.45, 2.75) is 37.8 Å². The van der Waals surface area contributed by atoms with E-state index >= 15 is 0 Å². The van der Waals surface area contributed by atoms with E-state index in [4.69, 9.17) is 0 Å². The van der Waals surface area contributed by atoms with E-state index in [9.17, 15) is 8.42 Å². The Labute approximate surface area is 222 Å². The van der Waals surface area contributed by atoms with Crippen molar-refractivity contribution in [2.24, 2.45) is 0 Å². The van der Waals surface area contributed by atoms with Crippen molar-refractivity contribution in [3.63, 3.8) is 0 Å². The number of rotatable bonds is 7. The second-order valence-electron chi connectivity index (χ2n) is 9.93. The molecule has 2 aromatic carbocycles. The van der Waals surface area contributed by atoms with Crippen molar-refractivity contribution < 1.29 is 8.42 Å². The number of benzene rings is 2. The highest BCUT2D eigenvalue weighted by Gasteiger charge is 2.23. The Hall–Kier alpha value is -4.21. The van der Waals surface area contributed by atoms with Crippen LogP contribution in [0.2, 0.25) is 0 Å². The fourth-order valence-electron chi connectivity index (χ4n) is 4.24. The van der Waals surface area contributed by atoms with Crippen LogP contribution in [-0.4, -0.2) is 34.1 Å². The van der Waals surface area contributed by atoms with Crippen LogP contribution in [0.15, 0.2) is 96.3 Å². The van der Waals surface area contributed by atoms with Gasteiger partial charge in [-0.2, -0.15) is 0 Å². The summed E-state index contributed by atoms with van der Waals surface area (Å²) in [5.74, 6) is 0.611. The number of sulfonamides is 1. The molecule has 0 aliphatic carbocycles. The molecule has 3 heterocycles. The van der Waals surface area contributed by atoms with Crippen molar-refractivity contribution >= 4 is 26.6 Å². The van der Waals surface area contributed by atoms with Gasteiger partial charge >= 0.3 is 0 Å². The second-order valence-corrected chi connectivity index (χ2v) is 11.6. The van der Waals surface area contributed by atoms with Crippen LogP contribution in [0.5, 0.6) is 0 Å². The van der Waals surface area contributed by atoms with Gasteiger partial charge in [-0.1, -0.05) is 54.6 Å². The molecule has 3 aromatic heterocycles. The van der Waals surface area contributed by atoms with Gasteiger partial charge in [0.05, 0.1) is 12.2 Å². The molecule has 0 unspecified atom stereocenters. The van der Waals surface area contributed by atoms with E-state index in [2.05, 4.69) is 30.2 Å². The Morgan fingerprint density at radius 2 is 1.63 bits per heavy atom. The fourth-order valence-corrected chi connectivity index (χ4v) is 5.64. The molecule has 0 bridgehead atoms. The van der Waals surface area contributed by atoms with Gasteiger partial charge in [-0.05, 0) is 50.1 Å². The lowest BCUT2D eigenvalue weighted by Crippen LogP contribution is -2.40. The largest absolute Gasteiger partial charge is 0.362 e. The number of pyridine rings is 2. The minimum absolute atomic E-state index is 0.0662. The summed E-state index contributed by atoms with van der Waals surface area (Å²) in [6.07, 6.45) is 4.70. The third-order valence-electron chi connectivity index (χ3n) is 5.79. The van der Waals surface area contributed by atoms with Crippen molar-refractivity contribution in [3.8, 4) is 22.4 Å². The summed E-state index contributed by atoms with van der Waals surface area (Å²) < 4.78 is 28.7. The summed E-state index contributed by atoms with van der Waals surface area (Å²) in [6, 6.07) is 23.4. The van der Waals surface area contributed by atoms with Crippen LogP contribution in [0, 0.1) is 0 Å². The highest BCUT2D eigenvalue weighted by atomic mass is 32.2. The van der Waals surface area contributed by atoms with Gasteiger partial charge in [-0.25, -0.2) is 13.1 Å². The number of hydrogen-bond acceptors (Lipinski definition) is 7. The minimum atomic E-state index is -3.78. The third-order valence-corrected chi connectivity index (χ3v) is 7.52. The van der Waals surface area contributed by atoms with Crippen LogP contribution in [-0.2, 0) is 16.6 Å². The van der Waals surface area contributed by atoms with Gasteiger partial charge in [-0.15, -0.1) is 10.2 Å². The van der Waals surface area contributed by atoms with Gasteiger partial charge in [0.1, 0.15) is 10.6 Å². The lowest BCUT2D eigenvalue weighted by atomic mass is 9.97. The molecule has 0 saturated heterocycles. The summed E-state index contributed by atoms with van der Waals surface area (Å²) >= 11 is 0. The molecular weight excluding hydrogens is 496 g/mol. The van der Waals surface area contributed by atoms with Crippen LogP contribution in [0.4, 0.5) is 5.82 Å². The second kappa shape index (κ2) is 10.3. The van der Waals surface area contributed by atoms with Crippen LogP contribution in [0.3, 0.4) is 0 Å². The van der Waals surface area contributed by atoms with Crippen LogP contribution >= 0.6 is 0 Å². The molecule has 0 aliphatic rings. The molecule has 0 spiro atoms. The molecule has 2 N–H and O–H groups in total. The number of fused-ring (bicyclic) bond motifs is 1. The number of nitrogens with zero attached hydrogens (tertiary/aromatic N) is 4. The Morgan fingerprint density at radius 1 is 0.842 bits per heavy atom. The molecule has 0 aliphatic heterocycles. The first-order valence-electron chi connectivity index (χ1n) is 12.2. The van der Waals surface area contributed by atoms with Crippen LogP contribution < -0.4 is 10.0 Å². The highest BCUT2D eigenvalue weighted by Crippen LogP contribution is 2.37. The maximum atomic E-state index is 13.0. The predicted octanol–water partition coefficient (Wildman–Crippen LogP) is 5.44. The lowest BCUT2D eigenvalue weighted by molar-refractivity contribution is 0.491. The van der Waals surface area contributed by atoms with E-state index in [1.54, 1.807) is 39.2 Å². The average molecular weight is 525 g/mol. The maximum Gasteiger partial charge on any atom is 0.242 e. The first kappa shape index (κ1) is 25.4. The first-order chi connectivity index (χ1) is 18.2. The summed E-state index contributed by atoms with van der Waals surface area (Å²) in [4.78, 5) is 8.69. The monoisotopic (exact) mass is 524 g/mol. The zero-order chi connectivity index (χ0) is 26.8. The number of hydrogen-bond donors (Lipinski definition) is 2. The van der Waals surface area contributed by atoms with Crippen LogP contribution in [0.25, 0.3) is 33.2 Å². The zero-order valence-electron chi connectivity index (χ0n) is 21.4. The van der Waals surface area contributed by atoms with Gasteiger partial charge in [0.15, 0.2) is 5.82 Å². The van der Waals surface area contributed by atoms with Gasteiger partial charge in [0.2, 0.25) is 10.0 Å². The van der Waals surface area contributed by atoms with E-state index in [1.165, 1.54) is 6.20 Å². The standard InChI is InChI=1S/C29H28N6O2S/c1-29(2,3)35-38(36,37)23-16-21(17-30-19-23)27-25-14-9-13-24(20-10-5-4-6-11-20)26(25)28(34-33-27)32-18-22-12-7-8-15-31-22/h4-17,19,35H,18H2,1-3H3,(H,32,34). The molecule has 192 valence electrons. The number of anilines is 1. The lowest BCUT2D eigenvalue weighted by Gasteiger charge is -2.20. The Morgan fingerprint density at radius 3 is 2.37 bits per heavy atom. The maximum absolute atomic E-state index is 13.0. The van der Waals surface area contributed by atoms with E-state index < -0.39 is 15.6 Å².